The van der Waals surface area contributed by atoms with Gasteiger partial charge in [0.1, 0.15) is 6.61 Å². The van der Waals surface area contributed by atoms with Gasteiger partial charge in [-0.25, -0.2) is 0 Å². The minimum absolute atomic E-state index is 0.475. The Labute approximate surface area is 183 Å². The molecule has 0 radical (unpaired) electrons. The quantitative estimate of drug-likeness (QED) is 0.365. The van der Waals surface area contributed by atoms with E-state index in [4.69, 9.17) is 32.7 Å². The molecule has 0 aromatic heterocycles. The minimum atomic E-state index is 0.475. The first-order valence-electron chi connectivity index (χ1n) is 8.87. The van der Waals surface area contributed by atoms with Gasteiger partial charge in [-0.3, -0.25) is 0 Å². The van der Waals surface area contributed by atoms with E-state index in [-0.39, 0.29) is 0 Å². The number of benzene rings is 3. The van der Waals surface area contributed by atoms with Crippen molar-refractivity contribution >= 4 is 44.8 Å². The number of rotatable bonds is 8. The van der Waals surface area contributed by atoms with Crippen molar-refractivity contribution in [3.8, 4) is 11.5 Å². The van der Waals surface area contributed by atoms with Crippen LogP contribution in [0.25, 0.3) is 0 Å². The van der Waals surface area contributed by atoms with E-state index >= 15 is 0 Å². The van der Waals surface area contributed by atoms with E-state index < -0.39 is 0 Å². The Bertz CT molecular complexity index is 935. The monoisotopic (exact) mass is 479 g/mol. The third kappa shape index (κ3) is 5.57. The molecule has 0 aliphatic carbocycles. The molecule has 0 spiro atoms. The predicted octanol–water partition coefficient (Wildman–Crippen LogP) is 7.35. The summed E-state index contributed by atoms with van der Waals surface area (Å²) in [5.41, 5.74) is 2.90. The van der Waals surface area contributed by atoms with Gasteiger partial charge in [-0.1, -0.05) is 69.5 Å². The lowest BCUT2D eigenvalue weighted by molar-refractivity contribution is 0.269. The molecule has 3 nitrogen and oxygen atoms in total. The van der Waals surface area contributed by atoms with Crippen LogP contribution in [0.2, 0.25) is 10.0 Å². The molecule has 1 N–H and O–H groups in total. The van der Waals surface area contributed by atoms with Gasteiger partial charge in [0.2, 0.25) is 0 Å². The minimum Gasteiger partial charge on any atom is -0.490 e. The molecule has 0 fully saturated rings. The Morgan fingerprint density at radius 3 is 2.43 bits per heavy atom. The Morgan fingerprint density at radius 2 is 1.68 bits per heavy atom. The van der Waals surface area contributed by atoms with Gasteiger partial charge in [0.15, 0.2) is 11.5 Å². The fourth-order valence-corrected chi connectivity index (χ4v) is 3.47. The normalized spacial score (nSPS) is 10.6. The molecule has 146 valence electrons. The van der Waals surface area contributed by atoms with Crippen LogP contribution in [0.5, 0.6) is 11.5 Å². The average molecular weight is 481 g/mol. The van der Waals surface area contributed by atoms with Crippen molar-refractivity contribution in [2.45, 2.75) is 20.1 Å². The van der Waals surface area contributed by atoms with Crippen LogP contribution in [-0.2, 0) is 13.2 Å². The molecule has 6 heteroatoms. The van der Waals surface area contributed by atoms with Crippen LogP contribution in [0.15, 0.2) is 65.1 Å². The zero-order valence-corrected chi connectivity index (χ0v) is 18.4. The highest BCUT2D eigenvalue weighted by Crippen LogP contribution is 2.35. The maximum Gasteiger partial charge on any atom is 0.162 e. The summed E-state index contributed by atoms with van der Waals surface area (Å²) in [5, 5.41) is 4.56. The van der Waals surface area contributed by atoms with Crippen LogP contribution in [0.1, 0.15) is 18.1 Å². The summed E-state index contributed by atoms with van der Waals surface area (Å²) in [4.78, 5) is 0. The third-order valence-corrected chi connectivity index (χ3v) is 5.35. The lowest BCUT2D eigenvalue weighted by Crippen LogP contribution is -2.04. The van der Waals surface area contributed by atoms with E-state index in [0.29, 0.717) is 41.3 Å². The van der Waals surface area contributed by atoms with Crippen LogP contribution in [0.4, 0.5) is 5.69 Å². The van der Waals surface area contributed by atoms with Gasteiger partial charge in [-0.2, -0.15) is 0 Å². The summed E-state index contributed by atoms with van der Waals surface area (Å²) in [6.45, 7) is 3.53. The maximum absolute atomic E-state index is 6.23. The van der Waals surface area contributed by atoms with Crippen molar-refractivity contribution in [2.24, 2.45) is 0 Å². The number of hydrogen-bond donors (Lipinski definition) is 1. The molecule has 0 saturated heterocycles. The molecular formula is C22H20BrCl2NO2. The van der Waals surface area contributed by atoms with Crippen molar-refractivity contribution in [1.82, 2.24) is 0 Å². The van der Waals surface area contributed by atoms with Crippen LogP contribution in [-0.4, -0.2) is 6.61 Å². The van der Waals surface area contributed by atoms with Crippen molar-refractivity contribution in [2.75, 3.05) is 11.9 Å². The summed E-state index contributed by atoms with van der Waals surface area (Å²) < 4.78 is 12.7. The van der Waals surface area contributed by atoms with Crippen molar-refractivity contribution in [1.29, 1.82) is 0 Å². The van der Waals surface area contributed by atoms with Crippen LogP contribution < -0.4 is 14.8 Å². The second-order valence-electron chi connectivity index (χ2n) is 6.08. The van der Waals surface area contributed by atoms with Crippen LogP contribution >= 0.6 is 39.1 Å². The lowest BCUT2D eigenvalue weighted by Gasteiger charge is -2.16. The Hall–Kier alpha value is -1.88. The lowest BCUT2D eigenvalue weighted by atomic mass is 10.2. The second-order valence-corrected chi connectivity index (χ2v) is 7.77. The number of ether oxygens (including phenoxy) is 2. The molecule has 0 saturated carbocycles. The standard InChI is InChI=1S/C22H20BrCl2NO2/c1-2-27-21-10-16(13-26-20-11-17(24)8-9-19(20)25)18(23)12-22(21)28-14-15-6-4-3-5-7-15/h3-12,26H,2,13-14H2,1H3. The first kappa shape index (κ1) is 20.8. The second kappa shape index (κ2) is 10.1. The Balaban J connectivity index is 1.76. The number of halogens is 3. The smallest absolute Gasteiger partial charge is 0.162 e. The van der Waals surface area contributed by atoms with Gasteiger partial charge in [-0.05, 0) is 48.4 Å². The highest BCUT2D eigenvalue weighted by atomic mass is 79.9. The highest BCUT2D eigenvalue weighted by molar-refractivity contribution is 9.10. The summed E-state index contributed by atoms with van der Waals surface area (Å²) in [7, 11) is 0. The SMILES string of the molecule is CCOc1cc(CNc2cc(Cl)ccc2Cl)c(Br)cc1OCc1ccccc1. The fourth-order valence-electron chi connectivity index (χ4n) is 2.65. The first-order chi connectivity index (χ1) is 13.6. The summed E-state index contributed by atoms with van der Waals surface area (Å²) in [6.07, 6.45) is 0. The van der Waals surface area contributed by atoms with Gasteiger partial charge in [-0.15, -0.1) is 0 Å². The van der Waals surface area contributed by atoms with Gasteiger partial charge in [0, 0.05) is 16.0 Å². The predicted molar refractivity (Wildman–Crippen MR) is 120 cm³/mol. The number of anilines is 1. The molecule has 0 atom stereocenters. The van der Waals surface area contributed by atoms with Crippen molar-refractivity contribution in [3.05, 3.63) is 86.3 Å². The van der Waals surface area contributed by atoms with E-state index in [2.05, 4.69) is 21.2 Å². The Morgan fingerprint density at radius 1 is 0.929 bits per heavy atom. The topological polar surface area (TPSA) is 30.5 Å². The van der Waals surface area contributed by atoms with Gasteiger partial charge < -0.3 is 14.8 Å². The molecule has 0 heterocycles. The zero-order valence-electron chi connectivity index (χ0n) is 15.3. The Kier molecular flexibility index (Phi) is 7.49. The fraction of sp³-hybridized carbons (Fsp3) is 0.182. The van der Waals surface area contributed by atoms with E-state index in [1.807, 2.05) is 49.4 Å². The third-order valence-electron chi connectivity index (χ3n) is 4.05. The molecule has 0 aliphatic heterocycles. The molecule has 3 aromatic carbocycles. The molecule has 0 aliphatic rings. The maximum atomic E-state index is 6.23. The van der Waals surface area contributed by atoms with Gasteiger partial charge in [0.05, 0.1) is 17.3 Å². The van der Waals surface area contributed by atoms with Gasteiger partial charge >= 0.3 is 0 Å². The number of nitrogens with one attached hydrogen (secondary N) is 1. The van der Waals surface area contributed by atoms with Crippen molar-refractivity contribution < 1.29 is 9.47 Å². The van der Waals surface area contributed by atoms with E-state index in [1.165, 1.54) is 0 Å². The van der Waals surface area contributed by atoms with E-state index in [9.17, 15) is 0 Å². The highest BCUT2D eigenvalue weighted by Gasteiger charge is 2.12. The number of hydrogen-bond acceptors (Lipinski definition) is 3. The molecule has 28 heavy (non-hydrogen) atoms. The largest absolute Gasteiger partial charge is 0.490 e. The van der Waals surface area contributed by atoms with E-state index in [0.717, 1.165) is 21.3 Å². The van der Waals surface area contributed by atoms with E-state index in [1.54, 1.807) is 18.2 Å². The van der Waals surface area contributed by atoms with Crippen LogP contribution in [0, 0.1) is 0 Å². The summed E-state index contributed by atoms with van der Waals surface area (Å²) in [6, 6.07) is 19.3. The summed E-state index contributed by atoms with van der Waals surface area (Å²) >= 11 is 15.9. The zero-order chi connectivity index (χ0) is 19.9. The first-order valence-corrected chi connectivity index (χ1v) is 10.4. The molecule has 3 rings (SSSR count). The van der Waals surface area contributed by atoms with Crippen LogP contribution in [0.3, 0.4) is 0 Å². The summed E-state index contributed by atoms with van der Waals surface area (Å²) in [5.74, 6) is 1.40. The average Bonchev–Trinajstić information content (AvgIpc) is 2.70. The molecule has 3 aromatic rings. The molecule has 0 unspecified atom stereocenters. The molecule has 0 amide bonds. The van der Waals surface area contributed by atoms with Gasteiger partial charge in [0.25, 0.3) is 0 Å². The molecular weight excluding hydrogens is 461 g/mol. The molecule has 0 bridgehead atoms. The van der Waals surface area contributed by atoms with Crippen molar-refractivity contribution in [3.63, 3.8) is 0 Å².